The molecule has 2 N–H and O–H groups in total. The van der Waals surface area contributed by atoms with Crippen molar-refractivity contribution in [2.75, 3.05) is 26.2 Å². The fraction of sp³-hybridized carbons (Fsp3) is 0.222. The van der Waals surface area contributed by atoms with Crippen LogP contribution in [0.1, 0.15) is 12.8 Å². The minimum Gasteiger partial charge on any atom is -0.491 e. The molecule has 9 nitrogen and oxygen atoms in total. The zero-order valence-corrected chi connectivity index (χ0v) is 20.8. The van der Waals surface area contributed by atoms with E-state index in [0.717, 1.165) is 63.5 Å². The molecule has 0 aliphatic carbocycles. The number of rotatable bonds is 7. The Morgan fingerprint density at radius 1 is 1.00 bits per heavy atom. The van der Waals surface area contributed by atoms with Crippen molar-refractivity contribution in [1.82, 2.24) is 40.0 Å². The molecule has 1 aliphatic heterocycles. The van der Waals surface area contributed by atoms with Crippen LogP contribution in [0.5, 0.6) is 5.75 Å². The lowest BCUT2D eigenvalue weighted by molar-refractivity contribution is 0.237. The Hall–Kier alpha value is -4.15. The predicted molar refractivity (Wildman–Crippen MR) is 144 cm³/mol. The summed E-state index contributed by atoms with van der Waals surface area (Å²) in [6.07, 6.45) is 9.77. The number of imidazole rings is 1. The monoisotopic (exact) mass is 508 g/mol. The van der Waals surface area contributed by atoms with Gasteiger partial charge in [-0.05, 0) is 55.6 Å². The maximum Gasteiger partial charge on any atom is 0.161 e. The van der Waals surface area contributed by atoms with Crippen molar-refractivity contribution < 1.29 is 4.74 Å². The topological polar surface area (TPSA) is 108 Å². The normalized spacial score (nSPS) is 14.2. The molecule has 1 fully saturated rings. The maximum absolute atomic E-state index is 6.01. The molecule has 0 amide bonds. The highest BCUT2D eigenvalue weighted by molar-refractivity contribution is 7.13. The Balaban J connectivity index is 1.20. The third-order valence-corrected chi connectivity index (χ3v) is 7.64. The number of nitrogens with one attached hydrogen (secondary N) is 2. The molecule has 0 spiro atoms. The van der Waals surface area contributed by atoms with Crippen LogP contribution in [0.3, 0.4) is 0 Å². The number of H-pyrrole nitrogens is 2. The van der Waals surface area contributed by atoms with Crippen LogP contribution in [0.4, 0.5) is 0 Å². The van der Waals surface area contributed by atoms with Crippen molar-refractivity contribution in [3.63, 3.8) is 0 Å². The summed E-state index contributed by atoms with van der Waals surface area (Å²) in [6.45, 7) is 3.92. The maximum atomic E-state index is 6.01. The van der Waals surface area contributed by atoms with E-state index in [4.69, 9.17) is 9.72 Å². The SMILES string of the molecule is c1csc(-c2ccnc3[nH]c(-c4n[nH]c5ncc(-c6cncc(OCCN7CCCC7)c6)cc45)nc23)c1. The van der Waals surface area contributed by atoms with Gasteiger partial charge in [-0.3, -0.25) is 15.0 Å². The number of aromatic nitrogens is 7. The smallest absolute Gasteiger partial charge is 0.161 e. The highest BCUT2D eigenvalue weighted by atomic mass is 32.1. The molecule has 7 heterocycles. The lowest BCUT2D eigenvalue weighted by Gasteiger charge is -2.15. The van der Waals surface area contributed by atoms with Crippen molar-refractivity contribution in [3.05, 3.63) is 60.5 Å². The van der Waals surface area contributed by atoms with Crippen molar-refractivity contribution >= 4 is 33.5 Å². The van der Waals surface area contributed by atoms with Crippen molar-refractivity contribution in [3.8, 4) is 38.8 Å². The van der Waals surface area contributed by atoms with Gasteiger partial charge in [-0.1, -0.05) is 6.07 Å². The van der Waals surface area contributed by atoms with Crippen LogP contribution in [-0.2, 0) is 0 Å². The first-order valence-electron chi connectivity index (χ1n) is 12.4. The van der Waals surface area contributed by atoms with Gasteiger partial charge >= 0.3 is 0 Å². The average Bonchev–Trinajstić information content (AvgIpc) is 3.74. The molecule has 0 unspecified atom stereocenters. The number of pyridine rings is 3. The van der Waals surface area contributed by atoms with E-state index in [9.17, 15) is 0 Å². The Morgan fingerprint density at radius 3 is 2.81 bits per heavy atom. The lowest BCUT2D eigenvalue weighted by Crippen LogP contribution is -2.25. The first kappa shape index (κ1) is 22.1. The summed E-state index contributed by atoms with van der Waals surface area (Å²) in [5.74, 6) is 1.41. The van der Waals surface area contributed by atoms with Crippen LogP contribution in [0.25, 0.3) is 55.3 Å². The molecule has 10 heteroatoms. The summed E-state index contributed by atoms with van der Waals surface area (Å²) in [6, 6.07) is 10.2. The zero-order valence-electron chi connectivity index (χ0n) is 20.0. The molecule has 0 radical (unpaired) electrons. The molecular formula is C27H24N8OS. The van der Waals surface area contributed by atoms with Gasteiger partial charge < -0.3 is 9.72 Å². The number of thiophene rings is 1. The molecule has 7 rings (SSSR count). The second-order valence-electron chi connectivity index (χ2n) is 9.12. The lowest BCUT2D eigenvalue weighted by atomic mass is 10.1. The van der Waals surface area contributed by atoms with Crippen LogP contribution < -0.4 is 4.74 Å². The van der Waals surface area contributed by atoms with E-state index in [-0.39, 0.29) is 0 Å². The number of aromatic amines is 2. The molecule has 1 saturated heterocycles. The van der Waals surface area contributed by atoms with E-state index < -0.39 is 0 Å². The predicted octanol–water partition coefficient (Wildman–Crippen LogP) is 5.16. The van der Waals surface area contributed by atoms with Gasteiger partial charge in [0.1, 0.15) is 23.6 Å². The van der Waals surface area contributed by atoms with Gasteiger partial charge in [0.2, 0.25) is 0 Å². The quantitative estimate of drug-likeness (QED) is 0.307. The van der Waals surface area contributed by atoms with Gasteiger partial charge in [0.15, 0.2) is 17.1 Å². The standard InChI is InChI=1S/C27H24N8OS/c1-2-8-35(7-1)9-10-36-19-12-17(14-28-16-19)18-13-21-24(33-34-25(21)30-15-18)27-31-23-20(22-4-3-11-37-22)5-6-29-26(23)32-27/h3-6,11-16H,1-2,7-10H2,(H,29,31,32)(H,30,33,34). The Morgan fingerprint density at radius 2 is 1.92 bits per heavy atom. The molecule has 37 heavy (non-hydrogen) atoms. The summed E-state index contributed by atoms with van der Waals surface area (Å²) in [4.78, 5) is 25.3. The van der Waals surface area contributed by atoms with Gasteiger partial charge in [-0.2, -0.15) is 5.10 Å². The fourth-order valence-corrected chi connectivity index (χ4v) is 5.60. The zero-order chi connectivity index (χ0) is 24.6. The van der Waals surface area contributed by atoms with E-state index in [2.05, 4.69) is 52.5 Å². The third kappa shape index (κ3) is 4.24. The van der Waals surface area contributed by atoms with Gasteiger partial charge in [0.25, 0.3) is 0 Å². The summed E-state index contributed by atoms with van der Waals surface area (Å²) in [5, 5.41) is 10.5. The van der Waals surface area contributed by atoms with Gasteiger partial charge in [0.05, 0.1) is 11.6 Å². The first-order valence-corrected chi connectivity index (χ1v) is 13.2. The van der Waals surface area contributed by atoms with E-state index >= 15 is 0 Å². The summed E-state index contributed by atoms with van der Waals surface area (Å²) in [7, 11) is 0. The molecule has 0 aromatic carbocycles. The van der Waals surface area contributed by atoms with Crippen molar-refractivity contribution in [2.45, 2.75) is 12.8 Å². The van der Waals surface area contributed by atoms with Crippen LogP contribution in [0, 0.1) is 0 Å². The fourth-order valence-electron chi connectivity index (χ4n) is 4.85. The largest absolute Gasteiger partial charge is 0.491 e. The van der Waals surface area contributed by atoms with Gasteiger partial charge in [-0.15, -0.1) is 11.3 Å². The molecule has 0 atom stereocenters. The molecular weight excluding hydrogens is 484 g/mol. The van der Waals surface area contributed by atoms with E-state index in [1.54, 1.807) is 23.7 Å². The summed E-state index contributed by atoms with van der Waals surface area (Å²) in [5.41, 5.74) is 5.86. The first-order chi connectivity index (χ1) is 18.3. The third-order valence-electron chi connectivity index (χ3n) is 6.73. The van der Waals surface area contributed by atoms with Crippen LogP contribution in [0.2, 0.25) is 0 Å². The summed E-state index contributed by atoms with van der Waals surface area (Å²) < 4.78 is 6.01. The van der Waals surface area contributed by atoms with Crippen LogP contribution in [0.15, 0.2) is 60.5 Å². The van der Waals surface area contributed by atoms with Gasteiger partial charge in [0, 0.05) is 46.7 Å². The second kappa shape index (κ2) is 9.38. The number of hydrogen-bond donors (Lipinski definition) is 2. The number of fused-ring (bicyclic) bond motifs is 2. The molecule has 184 valence electrons. The molecule has 0 bridgehead atoms. The van der Waals surface area contributed by atoms with Gasteiger partial charge in [-0.25, -0.2) is 15.0 Å². The highest BCUT2D eigenvalue weighted by Gasteiger charge is 2.17. The highest BCUT2D eigenvalue weighted by Crippen LogP contribution is 2.33. The molecule has 6 aromatic heterocycles. The Kier molecular flexibility index (Phi) is 5.60. The van der Waals surface area contributed by atoms with Crippen molar-refractivity contribution in [2.24, 2.45) is 0 Å². The minimum atomic E-state index is 0.647. The van der Waals surface area contributed by atoms with Crippen LogP contribution >= 0.6 is 11.3 Å². The number of nitrogens with zero attached hydrogens (tertiary/aromatic N) is 6. The Bertz CT molecular complexity index is 1680. The van der Waals surface area contributed by atoms with E-state index in [1.807, 2.05) is 30.6 Å². The Labute approximate surface area is 216 Å². The number of likely N-dealkylation sites (tertiary alicyclic amines) is 1. The number of ether oxygens (including phenoxy) is 1. The minimum absolute atomic E-state index is 0.647. The molecule has 0 saturated carbocycles. The van der Waals surface area contributed by atoms with Crippen LogP contribution in [-0.4, -0.2) is 66.3 Å². The average molecular weight is 509 g/mol. The van der Waals surface area contributed by atoms with Crippen molar-refractivity contribution in [1.29, 1.82) is 0 Å². The second-order valence-corrected chi connectivity index (χ2v) is 10.1. The molecule has 6 aromatic rings. The van der Waals surface area contributed by atoms with E-state index in [1.165, 1.54) is 12.8 Å². The summed E-state index contributed by atoms with van der Waals surface area (Å²) >= 11 is 1.68. The molecule has 1 aliphatic rings. The number of hydrogen-bond acceptors (Lipinski definition) is 8. The van der Waals surface area contributed by atoms with E-state index in [0.29, 0.717) is 23.8 Å².